The van der Waals surface area contributed by atoms with E-state index in [1.165, 1.54) is 5.69 Å². The summed E-state index contributed by atoms with van der Waals surface area (Å²) in [5.41, 5.74) is 3.95. The van der Waals surface area contributed by atoms with Crippen LogP contribution < -0.4 is 5.32 Å². The summed E-state index contributed by atoms with van der Waals surface area (Å²) in [6.45, 7) is 8.44. The number of nitrogens with one attached hydrogen (secondary N) is 1. The van der Waals surface area contributed by atoms with E-state index in [9.17, 15) is 4.79 Å². The Labute approximate surface area is 136 Å². The average molecular weight is 316 g/mol. The minimum absolute atomic E-state index is 0.0865. The zero-order valence-corrected chi connectivity index (χ0v) is 14.2. The van der Waals surface area contributed by atoms with E-state index < -0.39 is 0 Å². The van der Waals surface area contributed by atoms with Gasteiger partial charge in [-0.05, 0) is 12.8 Å². The van der Waals surface area contributed by atoms with Crippen molar-refractivity contribution in [2.24, 2.45) is 7.05 Å². The summed E-state index contributed by atoms with van der Waals surface area (Å²) < 4.78 is 3.89. The maximum atomic E-state index is 12.6. The molecule has 3 rings (SSSR count). The monoisotopic (exact) mass is 316 g/mol. The van der Waals surface area contributed by atoms with Crippen molar-refractivity contribution in [2.75, 3.05) is 11.9 Å². The molecule has 124 valence electrons. The summed E-state index contributed by atoms with van der Waals surface area (Å²) in [6, 6.07) is -0.0865. The standard InChI is InChI=1S/C16H24N6O/c1-5-21-10-17-12-9-22(7-6-14(12)21)16(23)18-13-8-20(4)19-15(13)11(2)3/h8,10-11H,5-7,9H2,1-4H3,(H,18,23). The molecule has 2 aromatic heterocycles. The molecular weight excluding hydrogens is 292 g/mol. The van der Waals surface area contributed by atoms with Gasteiger partial charge in [0.05, 0.1) is 29.9 Å². The van der Waals surface area contributed by atoms with Crippen LogP contribution in [0.25, 0.3) is 0 Å². The van der Waals surface area contributed by atoms with E-state index in [4.69, 9.17) is 0 Å². The van der Waals surface area contributed by atoms with Crippen LogP contribution in [0.1, 0.15) is 43.8 Å². The third-order valence-corrected chi connectivity index (χ3v) is 4.27. The molecule has 0 spiro atoms. The molecule has 7 nitrogen and oxygen atoms in total. The highest BCUT2D eigenvalue weighted by atomic mass is 16.2. The molecule has 0 fully saturated rings. The van der Waals surface area contributed by atoms with Crippen molar-refractivity contribution in [3.8, 4) is 0 Å². The number of imidazole rings is 1. The molecule has 1 N–H and O–H groups in total. The first kappa shape index (κ1) is 15.6. The number of amides is 2. The predicted octanol–water partition coefficient (Wildman–Crippen LogP) is 2.35. The van der Waals surface area contributed by atoms with Crippen LogP contribution in [0.5, 0.6) is 0 Å². The summed E-state index contributed by atoms with van der Waals surface area (Å²) in [5.74, 6) is 0.264. The van der Waals surface area contributed by atoms with Crippen molar-refractivity contribution in [3.63, 3.8) is 0 Å². The Kier molecular flexibility index (Phi) is 4.11. The third-order valence-electron chi connectivity index (χ3n) is 4.27. The fourth-order valence-corrected chi connectivity index (χ4v) is 3.04. The number of nitrogens with zero attached hydrogens (tertiary/aromatic N) is 5. The minimum Gasteiger partial charge on any atom is -0.334 e. The summed E-state index contributed by atoms with van der Waals surface area (Å²) in [5, 5.41) is 7.43. The van der Waals surface area contributed by atoms with E-state index in [1.807, 2.05) is 24.5 Å². The molecule has 0 saturated carbocycles. The minimum atomic E-state index is -0.0865. The summed E-state index contributed by atoms with van der Waals surface area (Å²) in [4.78, 5) is 18.8. The summed E-state index contributed by atoms with van der Waals surface area (Å²) >= 11 is 0. The molecule has 7 heteroatoms. The van der Waals surface area contributed by atoms with Crippen LogP contribution in [0.15, 0.2) is 12.5 Å². The lowest BCUT2D eigenvalue weighted by Crippen LogP contribution is -2.39. The molecule has 2 amide bonds. The number of fused-ring (bicyclic) bond motifs is 1. The fourth-order valence-electron chi connectivity index (χ4n) is 3.04. The van der Waals surface area contributed by atoms with Crippen LogP contribution in [0, 0.1) is 0 Å². The molecule has 23 heavy (non-hydrogen) atoms. The zero-order chi connectivity index (χ0) is 16.6. The number of hydrogen-bond acceptors (Lipinski definition) is 3. The molecule has 1 aliphatic rings. The van der Waals surface area contributed by atoms with Gasteiger partial charge in [-0.1, -0.05) is 13.8 Å². The Balaban J connectivity index is 1.72. The Morgan fingerprint density at radius 2 is 2.22 bits per heavy atom. The zero-order valence-electron chi connectivity index (χ0n) is 14.2. The van der Waals surface area contributed by atoms with Gasteiger partial charge in [-0.3, -0.25) is 4.68 Å². The van der Waals surface area contributed by atoms with Gasteiger partial charge in [0.2, 0.25) is 0 Å². The van der Waals surface area contributed by atoms with Crippen molar-refractivity contribution in [1.82, 2.24) is 24.2 Å². The second kappa shape index (κ2) is 6.06. The highest BCUT2D eigenvalue weighted by Gasteiger charge is 2.25. The molecule has 0 saturated heterocycles. The Bertz CT molecular complexity index is 714. The lowest BCUT2D eigenvalue weighted by molar-refractivity contribution is 0.205. The number of aryl methyl sites for hydroxylation is 2. The van der Waals surface area contributed by atoms with Crippen molar-refractivity contribution in [3.05, 3.63) is 29.6 Å². The number of aromatic nitrogens is 4. The van der Waals surface area contributed by atoms with E-state index in [-0.39, 0.29) is 11.9 Å². The Morgan fingerprint density at radius 3 is 2.91 bits per heavy atom. The number of urea groups is 1. The maximum absolute atomic E-state index is 12.6. The molecule has 0 aromatic carbocycles. The first-order chi connectivity index (χ1) is 11.0. The largest absolute Gasteiger partial charge is 0.334 e. The van der Waals surface area contributed by atoms with Gasteiger partial charge >= 0.3 is 6.03 Å². The van der Waals surface area contributed by atoms with E-state index in [2.05, 4.69) is 40.7 Å². The number of carbonyl (C=O) groups excluding carboxylic acids is 1. The first-order valence-corrected chi connectivity index (χ1v) is 8.12. The Hall–Kier alpha value is -2.31. The van der Waals surface area contributed by atoms with Crippen LogP contribution >= 0.6 is 0 Å². The molecule has 1 aliphatic heterocycles. The summed E-state index contributed by atoms with van der Waals surface area (Å²) in [6.07, 6.45) is 4.57. The molecule has 0 radical (unpaired) electrons. The quantitative estimate of drug-likeness (QED) is 0.945. The van der Waals surface area contributed by atoms with Gasteiger partial charge in [0.25, 0.3) is 0 Å². The molecule has 0 atom stereocenters. The van der Waals surface area contributed by atoms with Crippen molar-refractivity contribution in [1.29, 1.82) is 0 Å². The van der Waals surface area contributed by atoms with Gasteiger partial charge in [0, 0.05) is 38.4 Å². The lowest BCUT2D eigenvalue weighted by atomic mass is 10.1. The number of hydrogen-bond donors (Lipinski definition) is 1. The van der Waals surface area contributed by atoms with E-state index in [1.54, 1.807) is 4.68 Å². The molecule has 3 heterocycles. The number of anilines is 1. The smallest absolute Gasteiger partial charge is 0.322 e. The highest BCUT2D eigenvalue weighted by molar-refractivity contribution is 5.90. The molecule has 2 aromatic rings. The van der Waals surface area contributed by atoms with E-state index >= 15 is 0 Å². The van der Waals surface area contributed by atoms with Gasteiger partial charge in [0.15, 0.2) is 0 Å². The van der Waals surface area contributed by atoms with Crippen LogP contribution in [-0.4, -0.2) is 36.8 Å². The Morgan fingerprint density at radius 1 is 1.43 bits per heavy atom. The second-order valence-electron chi connectivity index (χ2n) is 6.28. The van der Waals surface area contributed by atoms with Crippen LogP contribution in [0.2, 0.25) is 0 Å². The van der Waals surface area contributed by atoms with Gasteiger partial charge in [-0.15, -0.1) is 0 Å². The van der Waals surface area contributed by atoms with Crippen molar-refractivity contribution < 1.29 is 4.79 Å². The van der Waals surface area contributed by atoms with Gasteiger partial charge in [-0.25, -0.2) is 9.78 Å². The van der Waals surface area contributed by atoms with Crippen molar-refractivity contribution >= 4 is 11.7 Å². The van der Waals surface area contributed by atoms with Crippen LogP contribution in [0.4, 0.5) is 10.5 Å². The van der Waals surface area contributed by atoms with Gasteiger partial charge in [-0.2, -0.15) is 5.10 Å². The third kappa shape index (κ3) is 2.95. The SMILES string of the molecule is CCn1cnc2c1CCN(C(=O)Nc1cn(C)nc1C(C)C)C2. The van der Waals surface area contributed by atoms with Crippen molar-refractivity contribution in [2.45, 2.75) is 46.2 Å². The highest BCUT2D eigenvalue weighted by Crippen LogP contribution is 2.24. The number of rotatable bonds is 3. The topological polar surface area (TPSA) is 68.0 Å². The fraction of sp³-hybridized carbons (Fsp3) is 0.562. The molecule has 0 unspecified atom stereocenters. The summed E-state index contributed by atoms with van der Waals surface area (Å²) in [7, 11) is 1.87. The molecule has 0 aliphatic carbocycles. The van der Waals surface area contributed by atoms with Crippen LogP contribution in [0.3, 0.4) is 0 Å². The number of carbonyl (C=O) groups is 1. The molecular formula is C16H24N6O. The van der Waals surface area contributed by atoms with E-state index in [0.717, 1.165) is 30.0 Å². The van der Waals surface area contributed by atoms with Gasteiger partial charge in [0.1, 0.15) is 0 Å². The lowest BCUT2D eigenvalue weighted by Gasteiger charge is -2.27. The van der Waals surface area contributed by atoms with Gasteiger partial charge < -0.3 is 14.8 Å². The first-order valence-electron chi connectivity index (χ1n) is 8.12. The molecule has 0 bridgehead atoms. The normalized spacial score (nSPS) is 14.2. The predicted molar refractivity (Wildman–Crippen MR) is 88.3 cm³/mol. The maximum Gasteiger partial charge on any atom is 0.322 e. The van der Waals surface area contributed by atoms with Crippen LogP contribution in [-0.2, 0) is 26.6 Å². The average Bonchev–Trinajstić information content (AvgIpc) is 3.09. The van der Waals surface area contributed by atoms with E-state index in [0.29, 0.717) is 13.1 Å². The second-order valence-corrected chi connectivity index (χ2v) is 6.28.